The first-order chi connectivity index (χ1) is 12.5. The Morgan fingerprint density at radius 2 is 1.69 bits per heavy atom. The second kappa shape index (κ2) is 7.98. The number of nitrogens with zero attached hydrogens (tertiary/aromatic N) is 2. The Morgan fingerprint density at radius 1 is 1.04 bits per heavy atom. The number of hydrogen-bond acceptors (Lipinski definition) is 2. The molecule has 3 aromatic rings. The third kappa shape index (κ3) is 3.79. The lowest BCUT2D eigenvalue weighted by Crippen LogP contribution is -2.26. The van der Waals surface area contributed by atoms with Crippen molar-refractivity contribution in [3.8, 4) is 0 Å². The summed E-state index contributed by atoms with van der Waals surface area (Å²) in [5, 5.41) is 3.64. The van der Waals surface area contributed by atoms with Gasteiger partial charge in [0.25, 0.3) is 0 Å². The van der Waals surface area contributed by atoms with Gasteiger partial charge >= 0.3 is 5.69 Å². The molecule has 2 aromatic carbocycles. The molecule has 136 valence electrons. The van der Waals surface area contributed by atoms with Crippen molar-refractivity contribution in [2.24, 2.45) is 0 Å². The Hall–Kier alpha value is -2.24. The topological polar surface area (TPSA) is 56.0 Å². The molecular formula is C19H19Cl2N3O2. The standard InChI is InChI=1S/C19H19Cl2N3O2/c1-2-10-23-16-5-3-4-6-17(16)24(19(23)26)11-9-18(25)22-15-8-7-13(20)12-14(15)21/h3-8,12H,2,9-11H2,1H3,(H,22,25). The molecule has 1 aromatic heterocycles. The number of benzene rings is 2. The summed E-state index contributed by atoms with van der Waals surface area (Å²) < 4.78 is 3.40. The van der Waals surface area contributed by atoms with Gasteiger partial charge in [0.2, 0.25) is 5.91 Å². The zero-order chi connectivity index (χ0) is 18.7. The van der Waals surface area contributed by atoms with Gasteiger partial charge in [0, 0.05) is 24.5 Å². The van der Waals surface area contributed by atoms with E-state index in [0.29, 0.717) is 28.8 Å². The molecule has 3 rings (SSSR count). The number of para-hydroxylation sites is 2. The van der Waals surface area contributed by atoms with Crippen molar-refractivity contribution < 1.29 is 4.79 Å². The summed E-state index contributed by atoms with van der Waals surface area (Å²) in [6, 6.07) is 12.5. The number of hydrogen-bond donors (Lipinski definition) is 1. The van der Waals surface area contributed by atoms with Crippen molar-refractivity contribution in [3.63, 3.8) is 0 Å². The predicted molar refractivity (Wildman–Crippen MR) is 106 cm³/mol. The molecule has 0 fully saturated rings. The third-order valence-electron chi connectivity index (χ3n) is 4.14. The highest BCUT2D eigenvalue weighted by molar-refractivity contribution is 6.36. The first kappa shape index (κ1) is 18.5. The fourth-order valence-corrected chi connectivity index (χ4v) is 3.40. The number of carbonyl (C=O) groups excluding carboxylic acids is 1. The van der Waals surface area contributed by atoms with E-state index in [1.165, 1.54) is 0 Å². The highest BCUT2D eigenvalue weighted by atomic mass is 35.5. The molecule has 0 saturated carbocycles. The van der Waals surface area contributed by atoms with Crippen molar-refractivity contribution in [2.45, 2.75) is 32.9 Å². The van der Waals surface area contributed by atoms with E-state index in [-0.39, 0.29) is 18.0 Å². The first-order valence-electron chi connectivity index (χ1n) is 8.44. The second-order valence-corrected chi connectivity index (χ2v) is 6.84. The number of imidazole rings is 1. The largest absolute Gasteiger partial charge is 0.329 e. The van der Waals surface area contributed by atoms with Crippen molar-refractivity contribution in [1.82, 2.24) is 9.13 Å². The van der Waals surface area contributed by atoms with E-state index in [4.69, 9.17) is 23.2 Å². The minimum atomic E-state index is -0.214. The van der Waals surface area contributed by atoms with Gasteiger partial charge in [0.15, 0.2) is 0 Å². The predicted octanol–water partition coefficient (Wildman–Crippen LogP) is 4.55. The molecule has 26 heavy (non-hydrogen) atoms. The summed E-state index contributed by atoms with van der Waals surface area (Å²) >= 11 is 11.9. The van der Waals surface area contributed by atoms with E-state index < -0.39 is 0 Å². The molecule has 1 amide bonds. The molecule has 5 nitrogen and oxygen atoms in total. The minimum absolute atomic E-state index is 0.0922. The second-order valence-electron chi connectivity index (χ2n) is 6.00. The number of carbonyl (C=O) groups is 1. The number of nitrogens with one attached hydrogen (secondary N) is 1. The summed E-state index contributed by atoms with van der Waals surface area (Å²) in [4.78, 5) is 25.0. The van der Waals surface area contributed by atoms with Gasteiger partial charge in [-0.1, -0.05) is 42.3 Å². The molecule has 0 saturated heterocycles. The average molecular weight is 392 g/mol. The lowest BCUT2D eigenvalue weighted by molar-refractivity contribution is -0.116. The molecule has 1 heterocycles. The minimum Gasteiger partial charge on any atom is -0.325 e. The molecule has 0 aliphatic rings. The van der Waals surface area contributed by atoms with Crippen LogP contribution in [0.5, 0.6) is 0 Å². The third-order valence-corrected chi connectivity index (χ3v) is 4.69. The number of anilines is 1. The maximum absolute atomic E-state index is 12.7. The molecule has 0 unspecified atom stereocenters. The van der Waals surface area contributed by atoms with Gasteiger partial charge in [-0.15, -0.1) is 0 Å². The number of amides is 1. The molecule has 0 bridgehead atoms. The van der Waals surface area contributed by atoms with Crippen LogP contribution in [0.3, 0.4) is 0 Å². The van der Waals surface area contributed by atoms with E-state index in [9.17, 15) is 9.59 Å². The van der Waals surface area contributed by atoms with Gasteiger partial charge < -0.3 is 5.32 Å². The zero-order valence-electron chi connectivity index (χ0n) is 14.3. The van der Waals surface area contributed by atoms with Crippen LogP contribution in [0, 0.1) is 0 Å². The van der Waals surface area contributed by atoms with Crippen molar-refractivity contribution in [1.29, 1.82) is 0 Å². The van der Waals surface area contributed by atoms with Crippen LogP contribution in [0.1, 0.15) is 19.8 Å². The van der Waals surface area contributed by atoms with Crippen LogP contribution in [0.25, 0.3) is 11.0 Å². The van der Waals surface area contributed by atoms with E-state index in [1.807, 2.05) is 31.2 Å². The maximum Gasteiger partial charge on any atom is 0.329 e. The summed E-state index contributed by atoms with van der Waals surface area (Å²) in [5.41, 5.74) is 2.14. The van der Waals surface area contributed by atoms with Gasteiger partial charge in [0.1, 0.15) is 0 Å². The number of aryl methyl sites for hydroxylation is 2. The van der Waals surface area contributed by atoms with Gasteiger partial charge in [0.05, 0.1) is 21.7 Å². The van der Waals surface area contributed by atoms with Gasteiger partial charge in [-0.3, -0.25) is 13.9 Å². The first-order valence-corrected chi connectivity index (χ1v) is 9.20. The van der Waals surface area contributed by atoms with Crippen LogP contribution >= 0.6 is 23.2 Å². The Balaban J connectivity index is 1.78. The molecule has 0 aliphatic heterocycles. The van der Waals surface area contributed by atoms with E-state index in [1.54, 1.807) is 27.3 Å². The fraction of sp³-hybridized carbons (Fsp3) is 0.263. The van der Waals surface area contributed by atoms with Crippen LogP contribution in [0.4, 0.5) is 5.69 Å². The quantitative estimate of drug-likeness (QED) is 0.669. The SMILES string of the molecule is CCCn1c(=O)n(CCC(=O)Nc2ccc(Cl)cc2Cl)c2ccccc21. The average Bonchev–Trinajstić information content (AvgIpc) is 2.88. The highest BCUT2D eigenvalue weighted by Crippen LogP contribution is 2.25. The zero-order valence-corrected chi connectivity index (χ0v) is 15.8. The Morgan fingerprint density at radius 3 is 2.31 bits per heavy atom. The van der Waals surface area contributed by atoms with Crippen molar-refractivity contribution in [2.75, 3.05) is 5.32 Å². The molecule has 0 atom stereocenters. The molecule has 7 heteroatoms. The molecule has 0 radical (unpaired) electrons. The lowest BCUT2D eigenvalue weighted by Gasteiger charge is -2.08. The normalized spacial score (nSPS) is 11.0. The van der Waals surface area contributed by atoms with E-state index in [2.05, 4.69) is 5.32 Å². The lowest BCUT2D eigenvalue weighted by atomic mass is 10.3. The Bertz CT molecular complexity index is 1010. The van der Waals surface area contributed by atoms with Crippen LogP contribution < -0.4 is 11.0 Å². The van der Waals surface area contributed by atoms with Crippen molar-refractivity contribution >= 4 is 45.8 Å². The summed E-state index contributed by atoms with van der Waals surface area (Å²) in [7, 11) is 0. The fourth-order valence-electron chi connectivity index (χ4n) is 2.95. The van der Waals surface area contributed by atoms with Gasteiger partial charge in [-0.2, -0.15) is 0 Å². The summed E-state index contributed by atoms with van der Waals surface area (Å²) in [6.45, 7) is 2.98. The number of aromatic nitrogens is 2. The van der Waals surface area contributed by atoms with Gasteiger partial charge in [-0.05, 0) is 36.8 Å². The summed E-state index contributed by atoms with van der Waals surface area (Å²) in [6.07, 6.45) is 1.03. The van der Waals surface area contributed by atoms with Gasteiger partial charge in [-0.25, -0.2) is 4.79 Å². The molecular weight excluding hydrogens is 373 g/mol. The Kier molecular flexibility index (Phi) is 5.69. The van der Waals surface area contributed by atoms with Crippen molar-refractivity contribution in [3.05, 3.63) is 63.0 Å². The van der Waals surface area contributed by atoms with E-state index in [0.717, 1.165) is 17.5 Å². The maximum atomic E-state index is 12.7. The molecule has 1 N–H and O–H groups in total. The summed E-state index contributed by atoms with van der Waals surface area (Å²) in [5.74, 6) is -0.214. The molecule has 0 aliphatic carbocycles. The van der Waals surface area contributed by atoms with E-state index >= 15 is 0 Å². The van der Waals surface area contributed by atoms with Crippen LogP contribution in [0.2, 0.25) is 10.0 Å². The number of halogens is 2. The van der Waals surface area contributed by atoms with Crippen LogP contribution in [-0.4, -0.2) is 15.0 Å². The highest BCUT2D eigenvalue weighted by Gasteiger charge is 2.14. The number of fused-ring (bicyclic) bond motifs is 1. The van der Waals surface area contributed by atoms with Crippen LogP contribution in [0.15, 0.2) is 47.3 Å². The van der Waals surface area contributed by atoms with Crippen LogP contribution in [-0.2, 0) is 17.9 Å². The number of rotatable bonds is 6. The molecule has 0 spiro atoms. The Labute approximate surface area is 161 Å². The smallest absolute Gasteiger partial charge is 0.325 e. The monoisotopic (exact) mass is 391 g/mol.